The van der Waals surface area contributed by atoms with Crippen LogP contribution >= 0.6 is 0 Å². The van der Waals surface area contributed by atoms with E-state index in [0.717, 1.165) is 12.8 Å². The molecule has 110 valence electrons. The number of carbonyl (C=O) groups excluding carboxylic acids is 1. The van der Waals surface area contributed by atoms with E-state index in [-0.39, 0.29) is 22.8 Å². The molecule has 1 aromatic carbocycles. The van der Waals surface area contributed by atoms with Crippen LogP contribution in [-0.4, -0.2) is 20.4 Å². The molecule has 5 N–H and O–H groups in total. The second-order valence-electron chi connectivity index (χ2n) is 5.28. The lowest BCUT2D eigenvalue weighted by atomic mass is 10.1. The first-order valence-corrected chi connectivity index (χ1v) is 8.02. The van der Waals surface area contributed by atoms with Gasteiger partial charge in [-0.3, -0.25) is 4.79 Å². The van der Waals surface area contributed by atoms with E-state index in [1.54, 1.807) is 19.1 Å². The summed E-state index contributed by atoms with van der Waals surface area (Å²) in [5.74, 6) is -0.230. The number of carbonyl (C=O) groups is 1. The van der Waals surface area contributed by atoms with Gasteiger partial charge in [0, 0.05) is 17.6 Å². The van der Waals surface area contributed by atoms with E-state index in [4.69, 9.17) is 10.9 Å². The highest BCUT2D eigenvalue weighted by Gasteiger charge is 2.27. The minimum Gasteiger partial charge on any atom is -0.328 e. The Morgan fingerprint density at radius 3 is 2.60 bits per heavy atom. The third-order valence-electron chi connectivity index (χ3n) is 3.61. The van der Waals surface area contributed by atoms with E-state index in [0.29, 0.717) is 17.7 Å². The molecule has 0 aliphatic heterocycles. The van der Waals surface area contributed by atoms with Crippen LogP contribution in [0, 0.1) is 12.8 Å². The van der Waals surface area contributed by atoms with Gasteiger partial charge in [-0.2, -0.15) is 0 Å². The van der Waals surface area contributed by atoms with Crippen molar-refractivity contribution in [1.29, 1.82) is 0 Å². The van der Waals surface area contributed by atoms with Gasteiger partial charge in [-0.05, 0) is 43.9 Å². The second kappa shape index (κ2) is 5.51. The molecular formula is C13H19N3O3S. The van der Waals surface area contributed by atoms with E-state index in [1.165, 1.54) is 6.07 Å². The highest BCUT2D eigenvalue weighted by Crippen LogP contribution is 2.26. The fourth-order valence-electron chi connectivity index (χ4n) is 2.48. The number of nitrogens with two attached hydrogens (primary N) is 2. The van der Waals surface area contributed by atoms with Crippen molar-refractivity contribution < 1.29 is 13.2 Å². The molecule has 2 rings (SSSR count). The van der Waals surface area contributed by atoms with Gasteiger partial charge in [-0.15, -0.1) is 0 Å². The van der Waals surface area contributed by atoms with Gasteiger partial charge in [0.2, 0.25) is 15.9 Å². The Morgan fingerprint density at radius 1 is 1.35 bits per heavy atom. The second-order valence-corrected chi connectivity index (χ2v) is 6.81. The first kappa shape index (κ1) is 15.0. The maximum atomic E-state index is 12.1. The Morgan fingerprint density at radius 2 is 2.05 bits per heavy atom. The number of primary sulfonamides is 1. The van der Waals surface area contributed by atoms with Gasteiger partial charge in [0.25, 0.3) is 0 Å². The zero-order valence-electron chi connectivity index (χ0n) is 11.3. The summed E-state index contributed by atoms with van der Waals surface area (Å²) < 4.78 is 22.9. The molecule has 1 aliphatic carbocycles. The standard InChI is InChI=1S/C13H19N3O3S/c1-8-2-5-11(7-12(8)20(15,18)19)16-13(17)9-3-4-10(14)6-9/h2,5,7,9-10H,3-4,6,14H2,1H3,(H,16,17)(H2,15,18,19). The molecule has 0 aromatic heterocycles. The zero-order valence-corrected chi connectivity index (χ0v) is 12.1. The SMILES string of the molecule is Cc1ccc(NC(=O)C2CCC(N)C2)cc1S(N)(=O)=O. The van der Waals surface area contributed by atoms with Crippen molar-refractivity contribution in [2.75, 3.05) is 5.32 Å². The number of amides is 1. The van der Waals surface area contributed by atoms with E-state index in [1.807, 2.05) is 0 Å². The molecule has 1 aromatic rings. The summed E-state index contributed by atoms with van der Waals surface area (Å²) in [4.78, 5) is 12.1. The van der Waals surface area contributed by atoms with Crippen molar-refractivity contribution in [3.05, 3.63) is 23.8 Å². The lowest BCUT2D eigenvalue weighted by Gasteiger charge is -2.12. The van der Waals surface area contributed by atoms with Crippen molar-refractivity contribution in [3.63, 3.8) is 0 Å². The summed E-state index contributed by atoms with van der Waals surface area (Å²) in [6.07, 6.45) is 2.27. The molecular weight excluding hydrogens is 278 g/mol. The monoisotopic (exact) mass is 297 g/mol. The van der Waals surface area contributed by atoms with Gasteiger partial charge < -0.3 is 11.1 Å². The fraction of sp³-hybridized carbons (Fsp3) is 0.462. The molecule has 2 atom stereocenters. The molecule has 7 heteroatoms. The summed E-state index contributed by atoms with van der Waals surface area (Å²) >= 11 is 0. The van der Waals surface area contributed by atoms with E-state index < -0.39 is 10.0 Å². The molecule has 0 bridgehead atoms. The van der Waals surface area contributed by atoms with Gasteiger partial charge in [-0.1, -0.05) is 6.07 Å². The zero-order chi connectivity index (χ0) is 14.9. The van der Waals surface area contributed by atoms with E-state index in [2.05, 4.69) is 5.32 Å². The van der Waals surface area contributed by atoms with Crippen LogP contribution in [0.25, 0.3) is 0 Å². The Bertz CT molecular complexity index is 628. The lowest BCUT2D eigenvalue weighted by molar-refractivity contribution is -0.119. The van der Waals surface area contributed by atoms with Crippen molar-refractivity contribution in [2.45, 2.75) is 37.1 Å². The molecule has 0 spiro atoms. The van der Waals surface area contributed by atoms with Crippen LogP contribution in [0.2, 0.25) is 0 Å². The number of hydrogen-bond acceptors (Lipinski definition) is 4. The summed E-state index contributed by atoms with van der Waals surface area (Å²) in [7, 11) is -3.79. The summed E-state index contributed by atoms with van der Waals surface area (Å²) in [5.41, 5.74) is 6.77. The molecule has 6 nitrogen and oxygen atoms in total. The predicted octanol–water partition coefficient (Wildman–Crippen LogP) is 0.708. The molecule has 0 heterocycles. The van der Waals surface area contributed by atoms with Crippen LogP contribution < -0.4 is 16.2 Å². The van der Waals surface area contributed by atoms with Crippen LogP contribution in [-0.2, 0) is 14.8 Å². The summed E-state index contributed by atoms with van der Waals surface area (Å²) in [5, 5.41) is 7.87. The molecule has 0 saturated heterocycles. The van der Waals surface area contributed by atoms with Crippen LogP contribution in [0.15, 0.2) is 23.1 Å². The van der Waals surface area contributed by atoms with Crippen LogP contribution in [0.1, 0.15) is 24.8 Å². The number of anilines is 1. The lowest BCUT2D eigenvalue weighted by Crippen LogP contribution is -2.23. The van der Waals surface area contributed by atoms with Gasteiger partial charge in [0.1, 0.15) is 0 Å². The molecule has 20 heavy (non-hydrogen) atoms. The van der Waals surface area contributed by atoms with Crippen LogP contribution in [0.5, 0.6) is 0 Å². The molecule has 1 fully saturated rings. The van der Waals surface area contributed by atoms with Crippen LogP contribution in [0.3, 0.4) is 0 Å². The fourth-order valence-corrected chi connectivity index (χ4v) is 3.29. The molecule has 2 unspecified atom stereocenters. The number of aryl methyl sites for hydroxylation is 1. The number of benzene rings is 1. The Balaban J connectivity index is 2.16. The van der Waals surface area contributed by atoms with Crippen molar-refractivity contribution >= 4 is 21.6 Å². The predicted molar refractivity (Wildman–Crippen MR) is 76.5 cm³/mol. The number of rotatable bonds is 3. The normalized spacial score (nSPS) is 22.8. The quantitative estimate of drug-likeness (QED) is 0.762. The maximum absolute atomic E-state index is 12.1. The first-order valence-electron chi connectivity index (χ1n) is 6.47. The smallest absolute Gasteiger partial charge is 0.238 e. The maximum Gasteiger partial charge on any atom is 0.238 e. The minimum absolute atomic E-state index is 0.0263. The van der Waals surface area contributed by atoms with Gasteiger partial charge >= 0.3 is 0 Å². The summed E-state index contributed by atoms with van der Waals surface area (Å²) in [6, 6.07) is 4.74. The average Bonchev–Trinajstić information content (AvgIpc) is 2.77. The van der Waals surface area contributed by atoms with Gasteiger partial charge in [-0.25, -0.2) is 13.6 Å². The number of sulfonamides is 1. The van der Waals surface area contributed by atoms with Crippen LogP contribution in [0.4, 0.5) is 5.69 Å². The number of nitrogens with one attached hydrogen (secondary N) is 1. The van der Waals surface area contributed by atoms with E-state index >= 15 is 0 Å². The van der Waals surface area contributed by atoms with Gasteiger partial charge in [0.15, 0.2) is 0 Å². The Kier molecular flexibility index (Phi) is 4.12. The molecule has 1 saturated carbocycles. The molecule has 1 amide bonds. The highest BCUT2D eigenvalue weighted by molar-refractivity contribution is 7.89. The Labute approximate surface area is 118 Å². The largest absolute Gasteiger partial charge is 0.328 e. The topological polar surface area (TPSA) is 115 Å². The van der Waals surface area contributed by atoms with Gasteiger partial charge in [0.05, 0.1) is 4.90 Å². The average molecular weight is 297 g/mol. The third-order valence-corrected chi connectivity index (χ3v) is 4.66. The Hall–Kier alpha value is -1.44. The minimum atomic E-state index is -3.79. The molecule has 0 radical (unpaired) electrons. The first-order chi connectivity index (χ1) is 9.27. The number of hydrogen-bond donors (Lipinski definition) is 3. The van der Waals surface area contributed by atoms with Crippen molar-refractivity contribution in [3.8, 4) is 0 Å². The van der Waals surface area contributed by atoms with Crippen molar-refractivity contribution in [1.82, 2.24) is 0 Å². The molecule has 1 aliphatic rings. The highest BCUT2D eigenvalue weighted by atomic mass is 32.2. The summed E-state index contributed by atoms with van der Waals surface area (Å²) in [6.45, 7) is 1.65. The van der Waals surface area contributed by atoms with Crippen molar-refractivity contribution in [2.24, 2.45) is 16.8 Å². The third kappa shape index (κ3) is 3.36. The van der Waals surface area contributed by atoms with E-state index in [9.17, 15) is 13.2 Å².